The Hall–Kier alpha value is 1.95. The van der Waals surface area contributed by atoms with Gasteiger partial charge in [0.1, 0.15) is 0 Å². The molecule has 0 aliphatic rings. The van der Waals surface area contributed by atoms with E-state index in [0.717, 1.165) is 0 Å². The first-order chi connectivity index (χ1) is 7.54. The van der Waals surface area contributed by atoms with Crippen molar-refractivity contribution in [3.63, 3.8) is 0 Å². The average molecular weight is 472 g/mol. The monoisotopic (exact) mass is 474 g/mol. The van der Waals surface area contributed by atoms with Gasteiger partial charge in [0.05, 0.1) is 0 Å². The van der Waals surface area contributed by atoms with Crippen LogP contribution in [0.2, 0.25) is 4.97 Å². The van der Waals surface area contributed by atoms with Crippen molar-refractivity contribution in [2.24, 2.45) is 0 Å². The summed E-state index contributed by atoms with van der Waals surface area (Å²) < 4.78 is -1.21. The molecule has 0 rings (SSSR count). The molecule has 0 unspecified atom stereocenters. The maximum absolute atomic E-state index is 3.03. The topological polar surface area (TPSA) is 0 Å². The average Bonchev–Trinajstić information content (AvgIpc) is 2.32. The molecule has 0 aromatic carbocycles. The van der Waals surface area contributed by atoms with Gasteiger partial charge in [0.25, 0.3) is 0 Å². The quantitative estimate of drug-likeness (QED) is 0.210. The van der Waals surface area contributed by atoms with E-state index in [4.69, 9.17) is 0 Å². The van der Waals surface area contributed by atoms with Gasteiger partial charge in [-0.05, 0) is 0 Å². The fraction of sp³-hybridized carbons (Fsp3) is 1.00. The molecule has 100 valence electrons. The van der Waals surface area contributed by atoms with E-state index in [1.54, 1.807) is 18.5 Å². The molecule has 0 heterocycles. The van der Waals surface area contributed by atoms with Crippen molar-refractivity contribution in [3.8, 4) is 0 Å². The first-order valence-electron chi connectivity index (χ1n) is 6.83. The van der Waals surface area contributed by atoms with Gasteiger partial charge < -0.3 is 0 Å². The molecule has 0 spiro atoms. The molecule has 0 aromatic heterocycles. The number of unbranched alkanes of at least 4 members (excludes halogenated alkanes) is 3. The predicted molar refractivity (Wildman–Crippen MR) is 91.9 cm³/mol. The molecule has 16 heavy (non-hydrogen) atoms. The third kappa shape index (κ3) is 6.21. The van der Waals surface area contributed by atoms with Gasteiger partial charge >= 0.3 is 127 Å². The van der Waals surface area contributed by atoms with E-state index < -0.39 is 1.94 Å². The van der Waals surface area contributed by atoms with Crippen LogP contribution in [0.3, 0.4) is 0 Å². The van der Waals surface area contributed by atoms with E-state index >= 15 is 0 Å². The van der Waals surface area contributed by atoms with E-state index in [9.17, 15) is 0 Å². The molecule has 0 bridgehead atoms. The predicted octanol–water partition coefficient (Wildman–Crippen LogP) is 5.96. The van der Waals surface area contributed by atoms with Crippen LogP contribution in [-0.4, -0.2) is 38.9 Å². The Balaban J connectivity index is 4.61. The van der Waals surface area contributed by atoms with E-state index in [1.165, 1.54) is 38.5 Å². The fourth-order valence-corrected chi connectivity index (χ4v) is 17.5. The summed E-state index contributed by atoms with van der Waals surface area (Å²) in [6.45, 7) is 7.06. The van der Waals surface area contributed by atoms with Crippen molar-refractivity contribution >= 4 is 44.4 Å². The zero-order chi connectivity index (χ0) is 12.5. The Labute approximate surface area is 126 Å². The molecule has 0 aliphatic carbocycles. The summed E-state index contributed by atoms with van der Waals surface area (Å²) in [6.07, 6.45) is 13.5. The second-order valence-corrected chi connectivity index (χ2v) is 34.6. The molecular weight excluding hydrogens is 442 g/mol. The van der Waals surface area contributed by atoms with Crippen molar-refractivity contribution < 1.29 is 0 Å². The third-order valence-corrected chi connectivity index (χ3v) is 33.1. The number of rotatable bonds is 10. The summed E-state index contributed by atoms with van der Waals surface area (Å²) in [7, 11) is 0. The summed E-state index contributed by atoms with van der Waals surface area (Å²) in [5.74, 6) is 0. The summed E-state index contributed by atoms with van der Waals surface area (Å²) in [5.41, 5.74) is 0. The van der Waals surface area contributed by atoms with Gasteiger partial charge in [-0.2, -0.15) is 0 Å². The Bertz CT molecular complexity index is 160. The van der Waals surface area contributed by atoms with Crippen LogP contribution in [0.25, 0.3) is 0 Å². The molecule has 0 amide bonds. The summed E-state index contributed by atoms with van der Waals surface area (Å²) in [4.78, 5) is 2.59. The van der Waals surface area contributed by atoms with Gasteiger partial charge in [0.2, 0.25) is 0 Å². The van der Waals surface area contributed by atoms with Crippen molar-refractivity contribution in [2.45, 2.75) is 64.3 Å². The van der Waals surface area contributed by atoms with E-state index in [2.05, 4.69) is 47.8 Å². The molecule has 0 atom stereocenters. The van der Waals surface area contributed by atoms with Gasteiger partial charge in [0, 0.05) is 0 Å². The normalized spacial score (nSPS) is 14.7. The molecule has 0 nitrogen and oxygen atoms in total. The molecule has 0 aromatic rings. The summed E-state index contributed by atoms with van der Waals surface area (Å²) >= 11 is 3.29. The van der Waals surface area contributed by atoms with Crippen molar-refractivity contribution in [1.29, 1.82) is 0 Å². The standard InChI is InChI=1S/C13H30IPTe/c1-5-8-11-15(14,16-4,12-9-6-2)13-10-7-3/h5-13H2,1-4H3. The van der Waals surface area contributed by atoms with Gasteiger partial charge in [-0.1, -0.05) is 0 Å². The Kier molecular flexibility index (Phi) is 10.0. The van der Waals surface area contributed by atoms with E-state index in [-0.39, 0.29) is 20.4 Å². The SMILES string of the molecule is CCCCP(I)(CCCC)(CCCC)[Te]C. The first-order valence-corrected chi connectivity index (χ1v) is 17.8. The first kappa shape index (κ1) is 17.9. The minimum absolute atomic E-state index is 0.264. The van der Waals surface area contributed by atoms with Crippen LogP contribution in [0.1, 0.15) is 59.3 Å². The Morgan fingerprint density at radius 3 is 1.31 bits per heavy atom. The van der Waals surface area contributed by atoms with Crippen molar-refractivity contribution in [3.05, 3.63) is 0 Å². The maximum atomic E-state index is 3.03. The zero-order valence-electron chi connectivity index (χ0n) is 11.6. The van der Waals surface area contributed by atoms with Crippen LogP contribution in [0.5, 0.6) is 0 Å². The number of hydrogen-bond acceptors (Lipinski definition) is 0. The van der Waals surface area contributed by atoms with Gasteiger partial charge in [-0.3, -0.25) is 0 Å². The van der Waals surface area contributed by atoms with Crippen molar-refractivity contribution in [1.82, 2.24) is 0 Å². The summed E-state index contributed by atoms with van der Waals surface area (Å²) in [5, 5.41) is 0. The molecule has 0 saturated heterocycles. The van der Waals surface area contributed by atoms with Gasteiger partial charge in [-0.15, -0.1) is 0 Å². The number of hydrogen-bond donors (Lipinski definition) is 0. The molecule has 3 heteroatoms. The van der Waals surface area contributed by atoms with Gasteiger partial charge in [0.15, 0.2) is 0 Å². The van der Waals surface area contributed by atoms with E-state index in [1.807, 2.05) is 0 Å². The fourth-order valence-electron chi connectivity index (χ4n) is 2.13. The van der Waals surface area contributed by atoms with E-state index in [0.29, 0.717) is 0 Å². The van der Waals surface area contributed by atoms with Crippen LogP contribution in [-0.2, 0) is 0 Å². The Morgan fingerprint density at radius 2 is 1.12 bits per heavy atom. The second-order valence-electron chi connectivity index (χ2n) is 4.90. The molecule has 0 saturated carbocycles. The van der Waals surface area contributed by atoms with Crippen LogP contribution in [0, 0.1) is 0 Å². The van der Waals surface area contributed by atoms with Gasteiger partial charge in [-0.25, -0.2) is 0 Å². The molecule has 0 fully saturated rings. The Morgan fingerprint density at radius 1 is 0.812 bits per heavy atom. The second kappa shape index (κ2) is 8.95. The molecule has 0 radical (unpaired) electrons. The molecule has 0 aliphatic heterocycles. The van der Waals surface area contributed by atoms with Crippen LogP contribution >= 0.6 is 24.0 Å². The van der Waals surface area contributed by atoms with Crippen LogP contribution in [0.15, 0.2) is 0 Å². The van der Waals surface area contributed by atoms with Crippen molar-refractivity contribution in [2.75, 3.05) is 18.5 Å². The number of halogens is 1. The van der Waals surface area contributed by atoms with Crippen LogP contribution in [0.4, 0.5) is 0 Å². The minimum atomic E-state index is -1.21. The molecular formula is C13H30IPTe. The molecule has 0 N–H and O–H groups in total. The summed E-state index contributed by atoms with van der Waals surface area (Å²) in [6, 6.07) is 0. The zero-order valence-corrected chi connectivity index (χ0v) is 17.0. The van der Waals surface area contributed by atoms with Crippen LogP contribution < -0.4 is 0 Å². The third-order valence-electron chi connectivity index (χ3n) is 3.47.